The van der Waals surface area contributed by atoms with Gasteiger partial charge in [0.25, 0.3) is 10.0 Å². The minimum absolute atomic E-state index is 0.0214. The number of rotatable bonds is 13. The van der Waals surface area contributed by atoms with Crippen LogP contribution in [-0.2, 0) is 26.7 Å². The number of halogens is 3. The second-order valence-electron chi connectivity index (χ2n) is 9.79. The van der Waals surface area contributed by atoms with Gasteiger partial charge in [-0.05, 0) is 60.1 Å². The van der Waals surface area contributed by atoms with Crippen molar-refractivity contribution in [2.24, 2.45) is 0 Å². The zero-order chi connectivity index (χ0) is 28.7. The van der Waals surface area contributed by atoms with Gasteiger partial charge in [-0.25, -0.2) is 23.1 Å². The zero-order valence-corrected chi connectivity index (χ0v) is 22.4. The predicted octanol–water partition coefficient (Wildman–Crippen LogP) is 5.25. The maximum atomic E-state index is 13.1. The van der Waals surface area contributed by atoms with Crippen molar-refractivity contribution in [3.05, 3.63) is 83.7 Å². The lowest BCUT2D eigenvalue weighted by molar-refractivity contribution is -0.136. The highest BCUT2D eigenvalue weighted by molar-refractivity contribution is 7.89. The number of hydrogen-bond acceptors (Lipinski definition) is 6. The van der Waals surface area contributed by atoms with Gasteiger partial charge in [-0.15, -0.1) is 0 Å². The molecular weight excluding hydrogens is 533 g/mol. The molecule has 1 aromatic carbocycles. The Kier molecular flexibility index (Phi) is 9.68. The summed E-state index contributed by atoms with van der Waals surface area (Å²) in [5, 5.41) is 11.5. The van der Waals surface area contributed by atoms with E-state index in [2.05, 4.69) is 20.0 Å². The quantitative estimate of drug-likeness (QED) is 0.259. The van der Waals surface area contributed by atoms with Crippen molar-refractivity contribution < 1.29 is 31.5 Å². The Hall–Kier alpha value is -3.51. The molecule has 0 spiro atoms. The predicted molar refractivity (Wildman–Crippen MR) is 141 cm³/mol. The number of sulfonamides is 1. The topological polar surface area (TPSA) is 121 Å². The molecule has 0 aliphatic carbocycles. The van der Waals surface area contributed by atoms with E-state index in [1.807, 2.05) is 38.1 Å². The van der Waals surface area contributed by atoms with Crippen molar-refractivity contribution in [1.82, 2.24) is 14.7 Å². The average Bonchev–Trinajstić information content (AvgIpc) is 2.87. The number of anilines is 1. The Morgan fingerprint density at radius 1 is 1.00 bits per heavy atom. The van der Waals surface area contributed by atoms with Gasteiger partial charge in [0.05, 0.1) is 11.7 Å². The number of aliphatic carboxylic acids is 1. The van der Waals surface area contributed by atoms with Gasteiger partial charge < -0.3 is 10.4 Å². The molecule has 3 aromatic rings. The zero-order valence-electron chi connectivity index (χ0n) is 21.6. The van der Waals surface area contributed by atoms with Crippen LogP contribution >= 0.6 is 0 Å². The van der Waals surface area contributed by atoms with Crippen molar-refractivity contribution in [3.8, 4) is 0 Å². The molecule has 2 aromatic heterocycles. The van der Waals surface area contributed by atoms with Gasteiger partial charge in [0, 0.05) is 12.6 Å². The third-order valence-electron chi connectivity index (χ3n) is 6.20. The minimum Gasteiger partial charge on any atom is -0.480 e. The van der Waals surface area contributed by atoms with Crippen molar-refractivity contribution >= 4 is 21.8 Å². The Bertz CT molecular complexity index is 1350. The number of nitrogens with one attached hydrogen (secondary N) is 2. The lowest BCUT2D eigenvalue weighted by Gasteiger charge is -2.26. The standard InChI is InChI=1S/C27H31F3N4O4S/c1-26(2,14-6-15-27(28,29)30)20-12-10-19(11-13-20)17-22(34-39(37,38)24-9-3-4-16-31-24)21-7-5-8-23(33-21)32-18-25(35)36/h3-5,7-13,16,22,34H,6,14-15,17-18H2,1-2H3,(H,32,33)(H,35,36). The number of pyridine rings is 2. The molecule has 0 radical (unpaired) electrons. The first-order valence-electron chi connectivity index (χ1n) is 12.3. The summed E-state index contributed by atoms with van der Waals surface area (Å²) in [6.45, 7) is 3.42. The molecule has 0 aliphatic heterocycles. The molecular formula is C27H31F3N4O4S. The summed E-state index contributed by atoms with van der Waals surface area (Å²) in [5.41, 5.74) is 1.53. The van der Waals surface area contributed by atoms with Gasteiger partial charge >= 0.3 is 12.1 Å². The van der Waals surface area contributed by atoms with Crippen LogP contribution in [0.15, 0.2) is 71.9 Å². The number of carboxylic acids is 1. The number of carboxylic acid groups (broad SMARTS) is 1. The molecule has 210 valence electrons. The van der Waals surface area contributed by atoms with Gasteiger partial charge in [-0.2, -0.15) is 13.2 Å². The van der Waals surface area contributed by atoms with Crippen LogP contribution in [0.25, 0.3) is 0 Å². The number of nitrogens with zero attached hydrogens (tertiary/aromatic N) is 2. The summed E-state index contributed by atoms with van der Waals surface area (Å²) < 4.78 is 66.6. The molecule has 0 fully saturated rings. The van der Waals surface area contributed by atoms with Crippen LogP contribution in [0, 0.1) is 0 Å². The molecule has 0 saturated heterocycles. The summed E-state index contributed by atoms with van der Waals surface area (Å²) in [6.07, 6.45) is -3.07. The summed E-state index contributed by atoms with van der Waals surface area (Å²) in [7, 11) is -4.03. The summed E-state index contributed by atoms with van der Waals surface area (Å²) in [6, 6.07) is 15.9. The first kappa shape index (κ1) is 30.0. The molecule has 0 saturated carbocycles. The summed E-state index contributed by atoms with van der Waals surface area (Å²) in [4.78, 5) is 19.3. The van der Waals surface area contributed by atoms with Crippen molar-refractivity contribution in [3.63, 3.8) is 0 Å². The van der Waals surface area contributed by atoms with E-state index in [0.29, 0.717) is 12.1 Å². The third kappa shape index (κ3) is 9.32. The molecule has 2 heterocycles. The highest BCUT2D eigenvalue weighted by Gasteiger charge is 2.29. The molecule has 1 atom stereocenters. The van der Waals surface area contributed by atoms with Crippen LogP contribution in [0.5, 0.6) is 0 Å². The monoisotopic (exact) mass is 564 g/mol. The van der Waals surface area contributed by atoms with E-state index >= 15 is 0 Å². The van der Waals surface area contributed by atoms with Crippen LogP contribution in [-0.4, -0.2) is 42.2 Å². The Balaban J connectivity index is 1.84. The Labute approximate surface area is 225 Å². The maximum absolute atomic E-state index is 13.1. The lowest BCUT2D eigenvalue weighted by atomic mass is 9.79. The number of aromatic nitrogens is 2. The first-order chi connectivity index (χ1) is 18.2. The lowest BCUT2D eigenvalue weighted by Crippen LogP contribution is -2.31. The van der Waals surface area contributed by atoms with Crippen molar-refractivity contribution in [1.29, 1.82) is 0 Å². The van der Waals surface area contributed by atoms with Crippen LogP contribution in [0.3, 0.4) is 0 Å². The van der Waals surface area contributed by atoms with Crippen molar-refractivity contribution in [2.45, 2.75) is 62.2 Å². The second-order valence-corrected chi connectivity index (χ2v) is 11.5. The number of hydrogen-bond donors (Lipinski definition) is 3. The van der Waals surface area contributed by atoms with E-state index < -0.39 is 40.0 Å². The van der Waals surface area contributed by atoms with Gasteiger partial charge in [0.2, 0.25) is 0 Å². The summed E-state index contributed by atoms with van der Waals surface area (Å²) >= 11 is 0. The van der Waals surface area contributed by atoms with Crippen molar-refractivity contribution in [2.75, 3.05) is 11.9 Å². The van der Waals surface area contributed by atoms with E-state index in [0.717, 1.165) is 11.1 Å². The normalized spacial score (nSPS) is 13.2. The molecule has 39 heavy (non-hydrogen) atoms. The molecule has 0 amide bonds. The second kappa shape index (κ2) is 12.6. The number of carbonyl (C=O) groups is 1. The van der Waals surface area contributed by atoms with E-state index in [4.69, 9.17) is 5.11 Å². The van der Waals surface area contributed by atoms with Crippen LogP contribution in [0.1, 0.15) is 56.0 Å². The van der Waals surface area contributed by atoms with E-state index in [-0.39, 0.29) is 30.2 Å². The SMILES string of the molecule is CC(C)(CCCC(F)(F)F)c1ccc(CC(NS(=O)(=O)c2ccccn2)c2cccc(NCC(=O)O)n2)cc1. The van der Waals surface area contributed by atoms with Gasteiger partial charge in [0.15, 0.2) is 5.03 Å². The molecule has 1 unspecified atom stereocenters. The smallest absolute Gasteiger partial charge is 0.389 e. The van der Waals surface area contributed by atoms with E-state index in [1.54, 1.807) is 30.3 Å². The minimum atomic E-state index is -4.19. The van der Waals surface area contributed by atoms with Gasteiger partial charge in [-0.1, -0.05) is 50.2 Å². The highest BCUT2D eigenvalue weighted by Crippen LogP contribution is 2.32. The van der Waals surface area contributed by atoms with Crippen LogP contribution in [0.2, 0.25) is 0 Å². The maximum Gasteiger partial charge on any atom is 0.389 e. The van der Waals surface area contributed by atoms with E-state index in [1.165, 1.54) is 12.3 Å². The summed E-state index contributed by atoms with van der Waals surface area (Å²) in [5.74, 6) is -0.802. The molecule has 3 rings (SSSR count). The fraction of sp³-hybridized carbons (Fsp3) is 0.370. The first-order valence-corrected chi connectivity index (χ1v) is 13.8. The van der Waals surface area contributed by atoms with Crippen LogP contribution < -0.4 is 10.0 Å². The highest BCUT2D eigenvalue weighted by atomic mass is 32.2. The fourth-order valence-corrected chi connectivity index (χ4v) is 5.23. The largest absolute Gasteiger partial charge is 0.480 e. The Morgan fingerprint density at radius 3 is 2.33 bits per heavy atom. The van der Waals surface area contributed by atoms with Gasteiger partial charge in [-0.3, -0.25) is 4.79 Å². The van der Waals surface area contributed by atoms with Crippen LogP contribution in [0.4, 0.5) is 19.0 Å². The third-order valence-corrected chi connectivity index (χ3v) is 7.58. The van der Waals surface area contributed by atoms with Gasteiger partial charge in [0.1, 0.15) is 12.4 Å². The molecule has 0 bridgehead atoms. The molecule has 3 N–H and O–H groups in total. The number of alkyl halides is 3. The molecule has 12 heteroatoms. The molecule has 0 aliphatic rings. The Morgan fingerprint density at radius 2 is 1.72 bits per heavy atom. The fourth-order valence-electron chi connectivity index (χ4n) is 4.07. The average molecular weight is 565 g/mol. The number of benzene rings is 1. The van der Waals surface area contributed by atoms with E-state index in [9.17, 15) is 26.4 Å². The molecule has 8 nitrogen and oxygen atoms in total.